The number of hydrogen-bond acceptors (Lipinski definition) is 8. The molecule has 0 fully saturated rings. The lowest BCUT2D eigenvalue weighted by Gasteiger charge is -2.14. The van der Waals surface area contributed by atoms with E-state index in [0.29, 0.717) is 66.3 Å². The molecular formula is C24H26ClN7O2. The molecule has 0 saturated heterocycles. The van der Waals surface area contributed by atoms with Crippen molar-refractivity contribution in [2.24, 2.45) is 5.73 Å². The van der Waals surface area contributed by atoms with Crippen LogP contribution in [0.1, 0.15) is 12.6 Å². The summed E-state index contributed by atoms with van der Waals surface area (Å²) in [6, 6.07) is 7.28. The highest BCUT2D eigenvalue weighted by atomic mass is 35.5. The van der Waals surface area contributed by atoms with Gasteiger partial charge in [0.05, 0.1) is 37.3 Å². The summed E-state index contributed by atoms with van der Waals surface area (Å²) in [5.74, 6) is 0.459. The lowest BCUT2D eigenvalue weighted by Crippen LogP contribution is -2.26. The van der Waals surface area contributed by atoms with Gasteiger partial charge in [0.2, 0.25) is 5.95 Å². The number of ether oxygens (including phenoxy) is 1. The topological polar surface area (TPSA) is 121 Å². The standard InChI is InChI=1S/C24H26ClN7O2/c1-3-28-24-29-13-17-10-19(23(33)32(22(17)31-24)7-9-34-8-6-26)18-5-4-16(11-20(18)25)21-14-27-12-15(2)30-21/h4-5,10-14H,3,6-9,26H2,1-2H3,(H,28,29,31). The summed E-state index contributed by atoms with van der Waals surface area (Å²) in [6.45, 7) is 5.98. The van der Waals surface area contributed by atoms with Crippen LogP contribution >= 0.6 is 11.6 Å². The van der Waals surface area contributed by atoms with Crippen molar-refractivity contribution >= 4 is 28.6 Å². The first kappa shape index (κ1) is 23.7. The molecule has 3 aromatic heterocycles. The monoisotopic (exact) mass is 479 g/mol. The second-order valence-electron chi connectivity index (χ2n) is 7.66. The number of aromatic nitrogens is 5. The van der Waals surface area contributed by atoms with Crippen LogP contribution in [0.4, 0.5) is 5.95 Å². The van der Waals surface area contributed by atoms with Gasteiger partial charge in [0.15, 0.2) is 0 Å². The maximum atomic E-state index is 13.6. The molecule has 3 N–H and O–H groups in total. The molecule has 1 aromatic carbocycles. The molecule has 10 heteroatoms. The Morgan fingerprint density at radius 2 is 1.97 bits per heavy atom. The van der Waals surface area contributed by atoms with Crippen LogP contribution in [0.3, 0.4) is 0 Å². The minimum Gasteiger partial charge on any atom is -0.378 e. The Morgan fingerprint density at radius 3 is 2.71 bits per heavy atom. The summed E-state index contributed by atoms with van der Waals surface area (Å²) in [5, 5.41) is 4.25. The number of pyridine rings is 1. The third-order valence-corrected chi connectivity index (χ3v) is 5.51. The molecule has 34 heavy (non-hydrogen) atoms. The molecule has 0 aliphatic heterocycles. The first-order chi connectivity index (χ1) is 16.5. The number of fused-ring (bicyclic) bond motifs is 1. The first-order valence-corrected chi connectivity index (χ1v) is 11.4. The molecule has 0 aliphatic rings. The van der Waals surface area contributed by atoms with Crippen molar-refractivity contribution in [2.75, 3.05) is 31.6 Å². The quantitative estimate of drug-likeness (QED) is 0.351. The highest BCUT2D eigenvalue weighted by Crippen LogP contribution is 2.31. The van der Waals surface area contributed by atoms with Gasteiger partial charge in [-0.25, -0.2) is 9.97 Å². The summed E-state index contributed by atoms with van der Waals surface area (Å²) >= 11 is 6.66. The van der Waals surface area contributed by atoms with Gasteiger partial charge in [-0.05, 0) is 26.0 Å². The maximum absolute atomic E-state index is 13.6. The Kier molecular flexibility index (Phi) is 7.46. The largest absolute Gasteiger partial charge is 0.378 e. The number of nitrogens with two attached hydrogens (primary N) is 1. The summed E-state index contributed by atoms with van der Waals surface area (Å²) in [7, 11) is 0. The number of nitrogens with zero attached hydrogens (tertiary/aromatic N) is 5. The van der Waals surface area contributed by atoms with E-state index in [1.165, 1.54) is 0 Å². The predicted octanol–water partition coefficient (Wildman–Crippen LogP) is 3.28. The molecule has 0 atom stereocenters. The van der Waals surface area contributed by atoms with Gasteiger partial charge in [0.1, 0.15) is 5.65 Å². The van der Waals surface area contributed by atoms with Gasteiger partial charge in [-0.1, -0.05) is 23.7 Å². The fourth-order valence-electron chi connectivity index (χ4n) is 3.64. The summed E-state index contributed by atoms with van der Waals surface area (Å²) < 4.78 is 7.13. The molecule has 0 radical (unpaired) electrons. The normalized spacial score (nSPS) is 11.2. The predicted molar refractivity (Wildman–Crippen MR) is 134 cm³/mol. The Balaban J connectivity index is 1.81. The van der Waals surface area contributed by atoms with Crippen LogP contribution in [0.25, 0.3) is 33.4 Å². The van der Waals surface area contributed by atoms with E-state index >= 15 is 0 Å². The zero-order valence-electron chi connectivity index (χ0n) is 19.1. The van der Waals surface area contributed by atoms with Gasteiger partial charge in [0.25, 0.3) is 5.56 Å². The van der Waals surface area contributed by atoms with E-state index in [-0.39, 0.29) is 5.56 Å². The van der Waals surface area contributed by atoms with E-state index in [0.717, 1.165) is 16.6 Å². The molecule has 9 nitrogen and oxygen atoms in total. The lowest BCUT2D eigenvalue weighted by molar-refractivity contribution is 0.133. The van der Waals surface area contributed by atoms with Gasteiger partial charge in [-0.3, -0.25) is 14.3 Å². The average molecular weight is 480 g/mol. The minimum absolute atomic E-state index is 0.213. The van der Waals surface area contributed by atoms with Gasteiger partial charge in [-0.15, -0.1) is 0 Å². The number of nitrogens with one attached hydrogen (secondary N) is 1. The molecule has 0 spiro atoms. The Bertz CT molecular complexity index is 1370. The highest BCUT2D eigenvalue weighted by Gasteiger charge is 2.16. The SMILES string of the molecule is CCNc1ncc2cc(-c3ccc(-c4cncc(C)n4)cc3Cl)c(=O)n(CCOCCN)c2n1. The van der Waals surface area contributed by atoms with Crippen LogP contribution in [0.5, 0.6) is 0 Å². The average Bonchev–Trinajstić information content (AvgIpc) is 2.83. The molecule has 0 bridgehead atoms. The van der Waals surface area contributed by atoms with Gasteiger partial charge in [0, 0.05) is 52.6 Å². The number of hydrogen-bond donors (Lipinski definition) is 2. The fourth-order valence-corrected chi connectivity index (χ4v) is 3.92. The van der Waals surface area contributed by atoms with Crippen molar-refractivity contribution in [3.8, 4) is 22.4 Å². The van der Waals surface area contributed by atoms with Crippen molar-refractivity contribution in [3.63, 3.8) is 0 Å². The van der Waals surface area contributed by atoms with Crippen molar-refractivity contribution < 1.29 is 4.74 Å². The number of anilines is 1. The second kappa shape index (κ2) is 10.7. The van der Waals surface area contributed by atoms with E-state index in [1.807, 2.05) is 26.0 Å². The first-order valence-electron chi connectivity index (χ1n) is 11.0. The van der Waals surface area contributed by atoms with E-state index in [1.54, 1.807) is 35.3 Å². The van der Waals surface area contributed by atoms with Crippen LogP contribution in [0.15, 0.2) is 47.7 Å². The maximum Gasteiger partial charge on any atom is 0.260 e. The highest BCUT2D eigenvalue weighted by molar-refractivity contribution is 6.33. The Morgan fingerprint density at radius 1 is 1.12 bits per heavy atom. The van der Waals surface area contributed by atoms with Crippen LogP contribution in [0.2, 0.25) is 5.02 Å². The third kappa shape index (κ3) is 5.06. The molecule has 176 valence electrons. The van der Waals surface area contributed by atoms with Crippen LogP contribution < -0.4 is 16.6 Å². The molecule has 4 aromatic rings. The fraction of sp³-hybridized carbons (Fsp3) is 0.292. The molecule has 3 heterocycles. The van der Waals surface area contributed by atoms with E-state index in [9.17, 15) is 4.79 Å². The molecule has 0 aliphatic carbocycles. The Hall–Kier alpha value is -3.40. The van der Waals surface area contributed by atoms with E-state index in [2.05, 4.69) is 25.3 Å². The molecule has 4 rings (SSSR count). The zero-order valence-corrected chi connectivity index (χ0v) is 19.8. The van der Waals surface area contributed by atoms with Crippen molar-refractivity contribution in [3.05, 3.63) is 63.9 Å². The number of benzene rings is 1. The third-order valence-electron chi connectivity index (χ3n) is 5.19. The molecular weight excluding hydrogens is 454 g/mol. The number of aryl methyl sites for hydroxylation is 1. The van der Waals surface area contributed by atoms with Crippen molar-refractivity contribution in [2.45, 2.75) is 20.4 Å². The van der Waals surface area contributed by atoms with Gasteiger partial charge in [-0.2, -0.15) is 4.98 Å². The number of rotatable bonds is 9. The molecule has 0 saturated carbocycles. The van der Waals surface area contributed by atoms with Gasteiger partial charge < -0.3 is 15.8 Å². The van der Waals surface area contributed by atoms with Gasteiger partial charge >= 0.3 is 0 Å². The van der Waals surface area contributed by atoms with Crippen molar-refractivity contribution in [1.29, 1.82) is 0 Å². The second-order valence-corrected chi connectivity index (χ2v) is 8.07. The summed E-state index contributed by atoms with van der Waals surface area (Å²) in [4.78, 5) is 31.2. The molecule has 0 unspecified atom stereocenters. The minimum atomic E-state index is -0.213. The molecule has 0 amide bonds. The van der Waals surface area contributed by atoms with Crippen LogP contribution in [-0.4, -0.2) is 50.8 Å². The van der Waals surface area contributed by atoms with Crippen LogP contribution in [0, 0.1) is 6.92 Å². The Labute approximate surface area is 202 Å². The summed E-state index contributed by atoms with van der Waals surface area (Å²) in [6.07, 6.45) is 5.07. The van der Waals surface area contributed by atoms with Crippen LogP contribution in [-0.2, 0) is 11.3 Å². The lowest BCUT2D eigenvalue weighted by atomic mass is 10.0. The van der Waals surface area contributed by atoms with E-state index in [4.69, 9.17) is 22.1 Å². The van der Waals surface area contributed by atoms with E-state index < -0.39 is 0 Å². The zero-order chi connectivity index (χ0) is 24.1. The van der Waals surface area contributed by atoms with Crippen molar-refractivity contribution in [1.82, 2.24) is 24.5 Å². The smallest absolute Gasteiger partial charge is 0.260 e. The number of halogens is 1. The summed E-state index contributed by atoms with van der Waals surface area (Å²) in [5.41, 5.74) is 9.24.